The minimum absolute atomic E-state index is 0.0796. The summed E-state index contributed by atoms with van der Waals surface area (Å²) in [5.41, 5.74) is 1.40. The predicted molar refractivity (Wildman–Crippen MR) is 118 cm³/mol. The number of urea groups is 1. The van der Waals surface area contributed by atoms with Crippen LogP contribution in [0.2, 0.25) is 0 Å². The number of anilines is 1. The van der Waals surface area contributed by atoms with E-state index in [1.807, 2.05) is 0 Å². The third-order valence-electron chi connectivity index (χ3n) is 5.73. The number of rotatable bonds is 5. The van der Waals surface area contributed by atoms with Crippen molar-refractivity contribution in [1.82, 2.24) is 14.8 Å². The number of nitrogens with zero attached hydrogens (tertiary/aromatic N) is 2. The summed E-state index contributed by atoms with van der Waals surface area (Å²) in [6, 6.07) is 11.6. The highest BCUT2D eigenvalue weighted by Crippen LogP contribution is 2.22. The number of hydrogen-bond donors (Lipinski definition) is 2. The summed E-state index contributed by atoms with van der Waals surface area (Å²) in [5, 5.41) is 5.39. The number of halogens is 1. The third kappa shape index (κ3) is 4.66. The molecule has 1 aliphatic rings. The zero-order valence-electron chi connectivity index (χ0n) is 17.7. The van der Waals surface area contributed by atoms with E-state index in [4.69, 9.17) is 4.42 Å². The lowest BCUT2D eigenvalue weighted by atomic mass is 9.97. The Morgan fingerprint density at radius 3 is 2.84 bits per heavy atom. The smallest absolute Gasteiger partial charge is 0.408 e. The number of hydrogen-bond acceptors (Lipinski definition) is 4. The Balaban J connectivity index is 1.36. The number of aromatic nitrogens is 1. The van der Waals surface area contributed by atoms with Gasteiger partial charge in [-0.25, -0.2) is 14.0 Å². The van der Waals surface area contributed by atoms with Gasteiger partial charge in [0.2, 0.25) is 5.91 Å². The first kappa shape index (κ1) is 21.6. The maximum absolute atomic E-state index is 13.3. The lowest BCUT2D eigenvalue weighted by molar-refractivity contribution is -0.136. The second-order valence-corrected chi connectivity index (χ2v) is 8.02. The molecular formula is C23H25FN4O4. The molecule has 1 aliphatic heterocycles. The first-order valence-electron chi connectivity index (χ1n) is 10.6. The zero-order valence-corrected chi connectivity index (χ0v) is 17.7. The zero-order chi connectivity index (χ0) is 22.7. The molecule has 0 aliphatic carbocycles. The van der Waals surface area contributed by atoms with Crippen molar-refractivity contribution in [3.63, 3.8) is 0 Å². The van der Waals surface area contributed by atoms with E-state index < -0.39 is 23.6 Å². The Bertz CT molecular complexity index is 1190. The first-order valence-corrected chi connectivity index (χ1v) is 10.6. The van der Waals surface area contributed by atoms with E-state index in [0.717, 1.165) is 12.8 Å². The highest BCUT2D eigenvalue weighted by Gasteiger charge is 2.29. The van der Waals surface area contributed by atoms with Gasteiger partial charge < -0.3 is 20.0 Å². The number of likely N-dealkylation sites (tertiary alicyclic amines) is 1. The van der Waals surface area contributed by atoms with Gasteiger partial charge in [0, 0.05) is 25.3 Å². The fourth-order valence-corrected chi connectivity index (χ4v) is 4.14. The lowest BCUT2D eigenvalue weighted by Gasteiger charge is -2.34. The summed E-state index contributed by atoms with van der Waals surface area (Å²) in [4.78, 5) is 39.3. The molecule has 9 heteroatoms. The van der Waals surface area contributed by atoms with Crippen molar-refractivity contribution in [3.8, 4) is 0 Å². The number of oxazole rings is 1. The number of nitrogens with one attached hydrogen (secondary N) is 2. The molecule has 168 valence electrons. The van der Waals surface area contributed by atoms with Crippen molar-refractivity contribution in [3.05, 3.63) is 64.9 Å². The van der Waals surface area contributed by atoms with Crippen LogP contribution in [0.4, 0.5) is 14.9 Å². The van der Waals surface area contributed by atoms with E-state index in [1.54, 1.807) is 42.2 Å². The summed E-state index contributed by atoms with van der Waals surface area (Å²) in [6.07, 6.45) is 1.67. The van der Waals surface area contributed by atoms with Crippen molar-refractivity contribution >= 4 is 28.7 Å². The standard InChI is InChI=1S/C23H25FN4O4/c1-15(28-19-9-2-3-10-20(19)32-23(28)31)21(29)27-11-5-6-16(14-27)13-25-22(30)26-18-8-4-7-17(24)12-18/h2-4,7-10,12,15-16H,5-6,11,13-14H2,1H3,(H2,25,26,30). The van der Waals surface area contributed by atoms with Gasteiger partial charge >= 0.3 is 11.8 Å². The van der Waals surface area contributed by atoms with Gasteiger partial charge in [0.1, 0.15) is 11.9 Å². The molecule has 4 rings (SSSR count). The van der Waals surface area contributed by atoms with Crippen LogP contribution in [0.15, 0.2) is 57.7 Å². The van der Waals surface area contributed by atoms with Gasteiger partial charge in [-0.1, -0.05) is 18.2 Å². The molecule has 3 amide bonds. The van der Waals surface area contributed by atoms with Crippen LogP contribution in [0.5, 0.6) is 0 Å². The number of amides is 3. The third-order valence-corrected chi connectivity index (χ3v) is 5.73. The Kier molecular flexibility index (Phi) is 6.25. The predicted octanol–water partition coefficient (Wildman–Crippen LogP) is 3.35. The number of carbonyl (C=O) groups excluding carboxylic acids is 2. The van der Waals surface area contributed by atoms with Crippen LogP contribution in [0, 0.1) is 11.7 Å². The minimum Gasteiger partial charge on any atom is -0.408 e. The Morgan fingerprint density at radius 1 is 1.22 bits per heavy atom. The monoisotopic (exact) mass is 440 g/mol. The number of piperidine rings is 1. The van der Waals surface area contributed by atoms with Crippen LogP contribution >= 0.6 is 0 Å². The number of benzene rings is 2. The van der Waals surface area contributed by atoms with E-state index in [9.17, 15) is 18.8 Å². The molecule has 8 nitrogen and oxygen atoms in total. The summed E-state index contributed by atoms with van der Waals surface area (Å²) < 4.78 is 19.9. The topological polar surface area (TPSA) is 96.6 Å². The molecule has 2 unspecified atom stereocenters. The van der Waals surface area contributed by atoms with E-state index in [-0.39, 0.29) is 11.8 Å². The van der Waals surface area contributed by atoms with Crippen LogP contribution in [-0.2, 0) is 4.79 Å². The molecule has 3 aromatic rings. The molecule has 2 heterocycles. The van der Waals surface area contributed by atoms with Gasteiger partial charge in [0.15, 0.2) is 5.58 Å². The van der Waals surface area contributed by atoms with Crippen LogP contribution < -0.4 is 16.4 Å². The van der Waals surface area contributed by atoms with Gasteiger partial charge in [-0.05, 0) is 56.0 Å². The van der Waals surface area contributed by atoms with Crippen molar-refractivity contribution in [2.75, 3.05) is 25.0 Å². The van der Waals surface area contributed by atoms with Crippen LogP contribution in [0.25, 0.3) is 11.1 Å². The van der Waals surface area contributed by atoms with Gasteiger partial charge in [-0.15, -0.1) is 0 Å². The average molecular weight is 440 g/mol. The maximum atomic E-state index is 13.3. The average Bonchev–Trinajstić information content (AvgIpc) is 3.12. The summed E-state index contributed by atoms with van der Waals surface area (Å²) in [5.74, 6) is -1.07. The van der Waals surface area contributed by atoms with E-state index >= 15 is 0 Å². The molecule has 0 bridgehead atoms. The first-order chi connectivity index (χ1) is 15.4. The highest BCUT2D eigenvalue weighted by atomic mass is 19.1. The fraction of sp³-hybridized carbons (Fsp3) is 0.348. The molecule has 2 aromatic carbocycles. The fourth-order valence-electron chi connectivity index (χ4n) is 4.14. The molecule has 32 heavy (non-hydrogen) atoms. The number of carbonyl (C=O) groups is 2. The molecule has 2 N–H and O–H groups in total. The SMILES string of the molecule is CC(C(=O)N1CCCC(CNC(=O)Nc2cccc(F)c2)C1)n1c(=O)oc2ccccc21. The quantitative estimate of drug-likeness (QED) is 0.636. The summed E-state index contributed by atoms with van der Waals surface area (Å²) >= 11 is 0. The summed E-state index contributed by atoms with van der Waals surface area (Å²) in [7, 11) is 0. The van der Waals surface area contributed by atoms with Crippen LogP contribution in [0.3, 0.4) is 0 Å². The molecular weight excluding hydrogens is 415 g/mol. The van der Waals surface area contributed by atoms with E-state index in [1.165, 1.54) is 22.8 Å². The summed E-state index contributed by atoms with van der Waals surface area (Å²) in [6.45, 7) is 3.15. The van der Waals surface area contributed by atoms with Gasteiger partial charge in [-0.3, -0.25) is 9.36 Å². The maximum Gasteiger partial charge on any atom is 0.420 e. The van der Waals surface area contributed by atoms with Crippen molar-refractivity contribution < 1.29 is 18.4 Å². The van der Waals surface area contributed by atoms with Crippen LogP contribution in [-0.4, -0.2) is 41.0 Å². The Hall–Kier alpha value is -3.62. The second-order valence-electron chi connectivity index (χ2n) is 8.02. The lowest BCUT2D eigenvalue weighted by Crippen LogP contribution is -2.46. The minimum atomic E-state index is -0.700. The second kappa shape index (κ2) is 9.25. The van der Waals surface area contributed by atoms with Crippen molar-refractivity contribution in [2.24, 2.45) is 5.92 Å². The van der Waals surface area contributed by atoms with E-state index in [0.29, 0.717) is 36.4 Å². The van der Waals surface area contributed by atoms with Gasteiger partial charge in [-0.2, -0.15) is 0 Å². The van der Waals surface area contributed by atoms with Crippen molar-refractivity contribution in [1.29, 1.82) is 0 Å². The molecule has 0 spiro atoms. The molecule has 0 saturated carbocycles. The highest BCUT2D eigenvalue weighted by molar-refractivity contribution is 5.89. The molecule has 0 radical (unpaired) electrons. The Labute approximate surface area is 184 Å². The van der Waals surface area contributed by atoms with Crippen molar-refractivity contribution in [2.45, 2.75) is 25.8 Å². The normalized spacial score (nSPS) is 17.2. The Morgan fingerprint density at radius 2 is 2.03 bits per heavy atom. The van der Waals surface area contributed by atoms with Gasteiger partial charge in [0.25, 0.3) is 0 Å². The molecule has 1 saturated heterocycles. The largest absolute Gasteiger partial charge is 0.420 e. The molecule has 1 fully saturated rings. The van der Waals surface area contributed by atoms with E-state index in [2.05, 4.69) is 10.6 Å². The molecule has 1 aromatic heterocycles. The number of fused-ring (bicyclic) bond motifs is 1. The number of para-hydroxylation sites is 2. The van der Waals surface area contributed by atoms with Gasteiger partial charge in [0.05, 0.1) is 5.52 Å². The molecule has 2 atom stereocenters. The van der Waals surface area contributed by atoms with Crippen LogP contribution in [0.1, 0.15) is 25.8 Å².